The summed E-state index contributed by atoms with van der Waals surface area (Å²) in [5, 5.41) is 1.70. The zero-order valence-electron chi connectivity index (χ0n) is 10.8. The van der Waals surface area contributed by atoms with Crippen LogP contribution in [0.15, 0.2) is 41.2 Å². The molecule has 0 radical (unpaired) electrons. The molecule has 1 aromatic heterocycles. The zero-order chi connectivity index (χ0) is 13.9. The fraction of sp³-hybridized carbons (Fsp3) is 0.267. The van der Waals surface area contributed by atoms with Crippen molar-refractivity contribution in [1.29, 1.82) is 0 Å². The van der Waals surface area contributed by atoms with Crippen molar-refractivity contribution in [2.75, 3.05) is 31.2 Å². The van der Waals surface area contributed by atoms with Gasteiger partial charge in [-0.05, 0) is 17.7 Å². The van der Waals surface area contributed by atoms with Crippen molar-refractivity contribution in [2.24, 2.45) is 0 Å². The highest BCUT2D eigenvalue weighted by atomic mass is 35.5. The van der Waals surface area contributed by atoms with E-state index in [4.69, 9.17) is 16.3 Å². The zero-order valence-corrected chi connectivity index (χ0v) is 12.4. The predicted octanol–water partition coefficient (Wildman–Crippen LogP) is 3.27. The number of rotatable bonds is 2. The summed E-state index contributed by atoms with van der Waals surface area (Å²) in [4.78, 5) is 15.1. The second kappa shape index (κ2) is 5.95. The van der Waals surface area contributed by atoms with E-state index in [2.05, 4.69) is 4.90 Å². The third-order valence-corrected chi connectivity index (χ3v) is 4.62. The molecule has 0 bridgehead atoms. The van der Waals surface area contributed by atoms with Crippen LogP contribution < -0.4 is 10.3 Å². The summed E-state index contributed by atoms with van der Waals surface area (Å²) >= 11 is 7.53. The van der Waals surface area contributed by atoms with Gasteiger partial charge in [0.25, 0.3) is 0 Å². The van der Waals surface area contributed by atoms with E-state index in [0.717, 1.165) is 28.5 Å². The lowest BCUT2D eigenvalue weighted by molar-refractivity contribution is 0.123. The van der Waals surface area contributed by atoms with E-state index in [1.807, 2.05) is 24.3 Å². The van der Waals surface area contributed by atoms with Gasteiger partial charge in [-0.1, -0.05) is 23.7 Å². The first-order valence-corrected chi connectivity index (χ1v) is 7.66. The molecule has 5 heteroatoms. The van der Waals surface area contributed by atoms with E-state index in [-0.39, 0.29) is 5.43 Å². The number of nitrogens with zero attached hydrogens (tertiary/aromatic N) is 1. The van der Waals surface area contributed by atoms with Crippen molar-refractivity contribution in [3.8, 4) is 10.4 Å². The van der Waals surface area contributed by atoms with Crippen LogP contribution in [0.1, 0.15) is 0 Å². The Kier molecular flexibility index (Phi) is 4.05. The van der Waals surface area contributed by atoms with Crippen LogP contribution in [0.2, 0.25) is 5.02 Å². The second-order valence-electron chi connectivity index (χ2n) is 4.60. The Labute approximate surface area is 126 Å². The first-order valence-electron chi connectivity index (χ1n) is 6.46. The lowest BCUT2D eigenvalue weighted by atomic mass is 10.2. The molecule has 20 heavy (non-hydrogen) atoms. The summed E-state index contributed by atoms with van der Waals surface area (Å²) in [6, 6.07) is 11.0. The highest BCUT2D eigenvalue weighted by molar-refractivity contribution is 7.19. The Hall–Kier alpha value is -1.36. The molecule has 3 rings (SSSR count). The van der Waals surface area contributed by atoms with Crippen LogP contribution >= 0.6 is 22.9 Å². The normalized spacial score (nSPS) is 15.3. The third kappa shape index (κ3) is 3.03. The quantitative estimate of drug-likeness (QED) is 0.853. The molecular formula is C15H14ClNO2S. The van der Waals surface area contributed by atoms with Gasteiger partial charge in [0.1, 0.15) is 0 Å². The number of hydrogen-bond acceptors (Lipinski definition) is 4. The molecule has 0 saturated carbocycles. The van der Waals surface area contributed by atoms with Crippen LogP contribution in [0.25, 0.3) is 10.4 Å². The SMILES string of the molecule is O=c1cc(-c2ccc(Cl)cc2)sc(N2CCOCC2)c1. The molecule has 2 aromatic rings. The van der Waals surface area contributed by atoms with E-state index in [9.17, 15) is 4.79 Å². The first kappa shape index (κ1) is 13.6. The number of halogens is 1. The van der Waals surface area contributed by atoms with Gasteiger partial charge in [-0.25, -0.2) is 0 Å². The van der Waals surface area contributed by atoms with E-state index in [1.165, 1.54) is 0 Å². The average molecular weight is 308 g/mol. The number of morpholine rings is 1. The molecule has 1 aromatic carbocycles. The number of hydrogen-bond donors (Lipinski definition) is 0. The molecule has 3 nitrogen and oxygen atoms in total. The van der Waals surface area contributed by atoms with Gasteiger partial charge >= 0.3 is 0 Å². The summed E-state index contributed by atoms with van der Waals surface area (Å²) in [6.45, 7) is 3.10. The maximum absolute atomic E-state index is 11.9. The van der Waals surface area contributed by atoms with Gasteiger partial charge in [-0.3, -0.25) is 4.79 Å². The Balaban J connectivity index is 1.97. The molecule has 0 atom stereocenters. The first-order chi connectivity index (χ1) is 9.72. The Morgan fingerprint density at radius 2 is 1.80 bits per heavy atom. The molecule has 1 aliphatic rings. The smallest absolute Gasteiger partial charge is 0.182 e. The number of ether oxygens (including phenoxy) is 1. The van der Waals surface area contributed by atoms with Gasteiger partial charge in [0, 0.05) is 35.1 Å². The van der Waals surface area contributed by atoms with Crippen molar-refractivity contribution in [1.82, 2.24) is 0 Å². The average Bonchev–Trinajstić information content (AvgIpc) is 2.48. The Bertz CT molecular complexity index is 648. The van der Waals surface area contributed by atoms with E-state index in [1.54, 1.807) is 23.5 Å². The van der Waals surface area contributed by atoms with Crippen LogP contribution in [-0.4, -0.2) is 26.3 Å². The van der Waals surface area contributed by atoms with Gasteiger partial charge < -0.3 is 9.64 Å². The van der Waals surface area contributed by atoms with Crippen molar-refractivity contribution < 1.29 is 4.74 Å². The third-order valence-electron chi connectivity index (χ3n) is 3.21. The predicted molar refractivity (Wildman–Crippen MR) is 84.1 cm³/mol. The van der Waals surface area contributed by atoms with Crippen LogP contribution in [0.4, 0.5) is 5.00 Å². The van der Waals surface area contributed by atoms with Gasteiger partial charge in [0.15, 0.2) is 5.43 Å². The van der Waals surface area contributed by atoms with Gasteiger partial charge in [0.05, 0.1) is 18.2 Å². The molecule has 0 amide bonds. The summed E-state index contributed by atoms with van der Waals surface area (Å²) in [6.07, 6.45) is 0. The minimum Gasteiger partial charge on any atom is -0.378 e. The second-order valence-corrected chi connectivity index (χ2v) is 6.10. The lowest BCUT2D eigenvalue weighted by Crippen LogP contribution is -2.36. The van der Waals surface area contributed by atoms with Crippen LogP contribution in [0.5, 0.6) is 0 Å². The summed E-state index contributed by atoms with van der Waals surface area (Å²) in [5.74, 6) is 0. The van der Waals surface area contributed by atoms with E-state index >= 15 is 0 Å². The van der Waals surface area contributed by atoms with Crippen LogP contribution in [0.3, 0.4) is 0 Å². The number of benzene rings is 1. The Morgan fingerprint density at radius 3 is 2.50 bits per heavy atom. The van der Waals surface area contributed by atoms with Crippen LogP contribution in [0, 0.1) is 0 Å². The Morgan fingerprint density at radius 1 is 1.10 bits per heavy atom. The van der Waals surface area contributed by atoms with Crippen molar-refractivity contribution in [2.45, 2.75) is 0 Å². The standard InChI is InChI=1S/C15H14ClNO2S/c16-12-3-1-11(2-4-12)14-9-13(18)10-15(20-14)17-5-7-19-8-6-17/h1-4,9-10H,5-8H2. The highest BCUT2D eigenvalue weighted by Gasteiger charge is 2.13. The van der Waals surface area contributed by atoms with Crippen molar-refractivity contribution in [3.05, 3.63) is 51.6 Å². The van der Waals surface area contributed by atoms with E-state index < -0.39 is 0 Å². The molecule has 2 heterocycles. The number of anilines is 1. The maximum atomic E-state index is 11.9. The molecule has 0 aliphatic carbocycles. The van der Waals surface area contributed by atoms with E-state index in [0.29, 0.717) is 18.2 Å². The minimum atomic E-state index is 0.0372. The molecule has 0 unspecified atom stereocenters. The molecule has 1 fully saturated rings. The fourth-order valence-corrected chi connectivity index (χ4v) is 3.43. The topological polar surface area (TPSA) is 29.5 Å². The van der Waals surface area contributed by atoms with Gasteiger partial charge in [-0.15, -0.1) is 11.3 Å². The van der Waals surface area contributed by atoms with Crippen molar-refractivity contribution in [3.63, 3.8) is 0 Å². The lowest BCUT2D eigenvalue weighted by Gasteiger charge is -2.28. The molecule has 104 valence electrons. The largest absolute Gasteiger partial charge is 0.378 e. The molecule has 0 spiro atoms. The molecule has 1 saturated heterocycles. The molecular weight excluding hydrogens is 294 g/mol. The summed E-state index contributed by atoms with van der Waals surface area (Å²) < 4.78 is 5.35. The summed E-state index contributed by atoms with van der Waals surface area (Å²) in [5.41, 5.74) is 1.06. The molecule has 0 N–H and O–H groups in total. The summed E-state index contributed by atoms with van der Waals surface area (Å²) in [7, 11) is 0. The van der Waals surface area contributed by atoms with Crippen LogP contribution in [-0.2, 0) is 4.74 Å². The minimum absolute atomic E-state index is 0.0372. The maximum Gasteiger partial charge on any atom is 0.182 e. The van der Waals surface area contributed by atoms with Gasteiger partial charge in [-0.2, -0.15) is 0 Å². The molecule has 1 aliphatic heterocycles. The monoisotopic (exact) mass is 307 g/mol. The fourth-order valence-electron chi connectivity index (χ4n) is 2.16. The highest BCUT2D eigenvalue weighted by Crippen LogP contribution is 2.30. The van der Waals surface area contributed by atoms with Crippen molar-refractivity contribution >= 4 is 27.9 Å². The van der Waals surface area contributed by atoms with Gasteiger partial charge in [0.2, 0.25) is 0 Å².